The molecule has 1 fully saturated rings. The van der Waals surface area contributed by atoms with E-state index in [1.807, 2.05) is 6.07 Å². The van der Waals surface area contributed by atoms with E-state index in [0.717, 1.165) is 13.1 Å². The number of anilines is 1. The van der Waals surface area contributed by atoms with Gasteiger partial charge in [-0.1, -0.05) is 26.0 Å². The Hall–Kier alpha value is -3.26. The summed E-state index contributed by atoms with van der Waals surface area (Å²) in [7, 11) is 3.04. The van der Waals surface area contributed by atoms with Crippen LogP contribution < -0.4 is 24.8 Å². The van der Waals surface area contributed by atoms with Crippen LogP contribution in [0.1, 0.15) is 44.5 Å². The van der Waals surface area contributed by atoms with E-state index in [4.69, 9.17) is 14.2 Å². The number of methoxy groups -OCH3 is 2. The van der Waals surface area contributed by atoms with Gasteiger partial charge in [-0.15, -0.1) is 0 Å². The number of carbonyl (C=O) groups is 2. The maximum Gasteiger partial charge on any atom is 0.262 e. The average Bonchev–Trinajstić information content (AvgIpc) is 2.85. The molecule has 0 spiro atoms. The quantitative estimate of drug-likeness (QED) is 0.511. The zero-order valence-corrected chi connectivity index (χ0v) is 22.2. The van der Waals surface area contributed by atoms with Gasteiger partial charge in [-0.3, -0.25) is 14.5 Å². The topological polar surface area (TPSA) is 89.1 Å². The number of likely N-dealkylation sites (tertiary alicyclic amines) is 1. The molecule has 1 heterocycles. The predicted octanol–water partition coefficient (Wildman–Crippen LogP) is 4.21. The molecule has 1 saturated heterocycles. The first-order valence-electron chi connectivity index (χ1n) is 12.4. The Morgan fingerprint density at radius 3 is 2.31 bits per heavy atom. The molecule has 8 heteroatoms. The predicted molar refractivity (Wildman–Crippen MR) is 141 cm³/mol. The van der Waals surface area contributed by atoms with Crippen molar-refractivity contribution in [1.82, 2.24) is 10.2 Å². The lowest BCUT2D eigenvalue weighted by Crippen LogP contribution is -2.56. The highest BCUT2D eigenvalue weighted by Crippen LogP contribution is 2.29. The van der Waals surface area contributed by atoms with Crippen LogP contribution in [0.3, 0.4) is 0 Å². The summed E-state index contributed by atoms with van der Waals surface area (Å²) in [5, 5.41) is 5.84. The molecule has 2 aromatic carbocycles. The maximum absolute atomic E-state index is 12.9. The molecular weight excluding hydrogens is 458 g/mol. The van der Waals surface area contributed by atoms with Gasteiger partial charge in [-0.2, -0.15) is 0 Å². The molecule has 0 radical (unpaired) electrons. The number of benzene rings is 2. The number of rotatable bonds is 10. The maximum atomic E-state index is 12.9. The first-order valence-corrected chi connectivity index (χ1v) is 12.4. The molecule has 0 bridgehead atoms. The number of hydrogen-bond acceptors (Lipinski definition) is 6. The lowest BCUT2D eigenvalue weighted by atomic mass is 9.88. The molecule has 36 heavy (non-hydrogen) atoms. The second-order valence-electron chi connectivity index (χ2n) is 10.2. The lowest BCUT2D eigenvalue weighted by molar-refractivity contribution is -0.118. The first-order chi connectivity index (χ1) is 17.1. The summed E-state index contributed by atoms with van der Waals surface area (Å²) < 4.78 is 16.3. The van der Waals surface area contributed by atoms with Crippen molar-refractivity contribution in [3.05, 3.63) is 48.0 Å². The van der Waals surface area contributed by atoms with E-state index < -0.39 is 0 Å². The highest BCUT2D eigenvalue weighted by Gasteiger charge is 2.33. The van der Waals surface area contributed by atoms with Crippen LogP contribution in [0.15, 0.2) is 42.5 Å². The number of nitrogens with zero attached hydrogens (tertiary/aromatic N) is 1. The number of hydrogen-bond donors (Lipinski definition) is 2. The van der Waals surface area contributed by atoms with Gasteiger partial charge in [-0.05, 0) is 62.4 Å². The van der Waals surface area contributed by atoms with Crippen LogP contribution in [0.25, 0.3) is 0 Å². The third kappa shape index (κ3) is 7.13. The minimum absolute atomic E-state index is 0.152. The van der Waals surface area contributed by atoms with Crippen LogP contribution in [0.4, 0.5) is 5.69 Å². The Morgan fingerprint density at radius 1 is 0.972 bits per heavy atom. The summed E-state index contributed by atoms with van der Waals surface area (Å²) in [5.74, 6) is 2.10. The Balaban J connectivity index is 1.57. The van der Waals surface area contributed by atoms with E-state index in [2.05, 4.69) is 43.2 Å². The van der Waals surface area contributed by atoms with Crippen molar-refractivity contribution in [2.45, 2.75) is 39.7 Å². The van der Waals surface area contributed by atoms with E-state index >= 15 is 0 Å². The van der Waals surface area contributed by atoms with Gasteiger partial charge >= 0.3 is 0 Å². The van der Waals surface area contributed by atoms with Gasteiger partial charge in [0.15, 0.2) is 18.1 Å². The summed E-state index contributed by atoms with van der Waals surface area (Å²) in [5.41, 5.74) is 0.874. The van der Waals surface area contributed by atoms with Crippen molar-refractivity contribution in [1.29, 1.82) is 0 Å². The van der Waals surface area contributed by atoms with Crippen LogP contribution in [0.2, 0.25) is 0 Å². The number of nitrogens with one attached hydrogen (secondary N) is 2. The Labute approximate surface area is 214 Å². The number of para-hydroxylation sites is 2. The van der Waals surface area contributed by atoms with Gasteiger partial charge in [-0.25, -0.2) is 0 Å². The molecule has 0 aromatic heterocycles. The Kier molecular flexibility index (Phi) is 9.20. The molecule has 2 atom stereocenters. The molecule has 0 aliphatic carbocycles. The van der Waals surface area contributed by atoms with Gasteiger partial charge in [0.05, 0.1) is 19.9 Å². The second-order valence-corrected chi connectivity index (χ2v) is 10.2. The fourth-order valence-electron chi connectivity index (χ4n) is 4.67. The Morgan fingerprint density at radius 2 is 1.64 bits per heavy atom. The van der Waals surface area contributed by atoms with E-state index in [0.29, 0.717) is 46.9 Å². The average molecular weight is 498 g/mol. The summed E-state index contributed by atoms with van der Waals surface area (Å²) in [4.78, 5) is 27.8. The van der Waals surface area contributed by atoms with Gasteiger partial charge in [0, 0.05) is 30.7 Å². The van der Waals surface area contributed by atoms with E-state index in [1.54, 1.807) is 43.5 Å². The van der Waals surface area contributed by atoms with Crippen molar-refractivity contribution >= 4 is 17.5 Å². The number of amides is 2. The molecule has 2 unspecified atom stereocenters. The molecule has 3 rings (SSSR count). The molecule has 8 nitrogen and oxygen atoms in total. The Bertz CT molecular complexity index is 1050. The monoisotopic (exact) mass is 497 g/mol. The standard InChI is InChI=1S/C28H39N3O5/c1-19-13-20(2)16-31(15-19)28(3,4)18-29-27(33)21-11-12-24(25(14-21)35-6)36-17-26(32)30-22-9-7-8-10-23(22)34-5/h7-12,14,19-20H,13,15-18H2,1-6H3,(H,29,33)(H,30,32). The first kappa shape index (κ1) is 27.3. The minimum atomic E-state index is -0.341. The molecule has 0 saturated carbocycles. The summed E-state index contributed by atoms with van der Waals surface area (Å²) in [6.07, 6.45) is 1.25. The SMILES string of the molecule is COc1ccccc1NC(=O)COc1ccc(C(=O)NCC(C)(C)N2CC(C)CC(C)C2)cc1OC. The van der Waals surface area contributed by atoms with Gasteiger partial charge in [0.1, 0.15) is 5.75 Å². The van der Waals surface area contributed by atoms with E-state index in [1.165, 1.54) is 13.5 Å². The van der Waals surface area contributed by atoms with Crippen molar-refractivity contribution < 1.29 is 23.8 Å². The van der Waals surface area contributed by atoms with Crippen LogP contribution in [-0.2, 0) is 4.79 Å². The third-order valence-electron chi connectivity index (χ3n) is 6.57. The fourth-order valence-corrected chi connectivity index (χ4v) is 4.67. The highest BCUT2D eigenvalue weighted by atomic mass is 16.5. The zero-order chi connectivity index (χ0) is 26.3. The summed E-state index contributed by atoms with van der Waals surface area (Å²) in [6.45, 7) is 11.3. The van der Waals surface area contributed by atoms with Crippen LogP contribution in [0.5, 0.6) is 17.2 Å². The lowest BCUT2D eigenvalue weighted by Gasteiger charge is -2.45. The summed E-state index contributed by atoms with van der Waals surface area (Å²) >= 11 is 0. The number of carbonyl (C=O) groups excluding carboxylic acids is 2. The molecule has 2 N–H and O–H groups in total. The second kappa shape index (κ2) is 12.1. The smallest absolute Gasteiger partial charge is 0.262 e. The normalized spacial score (nSPS) is 18.3. The number of piperidine rings is 1. The van der Waals surface area contributed by atoms with Crippen molar-refractivity contribution in [3.8, 4) is 17.2 Å². The number of ether oxygens (including phenoxy) is 3. The largest absolute Gasteiger partial charge is 0.495 e. The molecule has 1 aliphatic rings. The van der Waals surface area contributed by atoms with Crippen molar-refractivity contribution in [3.63, 3.8) is 0 Å². The minimum Gasteiger partial charge on any atom is -0.495 e. The van der Waals surface area contributed by atoms with Crippen LogP contribution in [-0.4, -0.2) is 62.7 Å². The molecule has 2 aromatic rings. The summed E-state index contributed by atoms with van der Waals surface area (Å²) in [6, 6.07) is 12.1. The van der Waals surface area contributed by atoms with Gasteiger partial charge in [0.25, 0.3) is 11.8 Å². The van der Waals surface area contributed by atoms with Crippen LogP contribution >= 0.6 is 0 Å². The molecule has 196 valence electrons. The van der Waals surface area contributed by atoms with Gasteiger partial charge in [0.2, 0.25) is 0 Å². The highest BCUT2D eigenvalue weighted by molar-refractivity contribution is 5.95. The van der Waals surface area contributed by atoms with Crippen molar-refractivity contribution in [2.75, 3.05) is 45.8 Å². The fraction of sp³-hybridized carbons (Fsp3) is 0.500. The molecule has 2 amide bonds. The molecule has 1 aliphatic heterocycles. The van der Waals surface area contributed by atoms with Gasteiger partial charge < -0.3 is 24.8 Å². The third-order valence-corrected chi connectivity index (χ3v) is 6.57. The van der Waals surface area contributed by atoms with Crippen molar-refractivity contribution in [2.24, 2.45) is 11.8 Å². The zero-order valence-electron chi connectivity index (χ0n) is 22.2. The molecular formula is C28H39N3O5. The van der Waals surface area contributed by atoms with E-state index in [-0.39, 0.29) is 24.0 Å². The van der Waals surface area contributed by atoms with E-state index in [9.17, 15) is 9.59 Å². The van der Waals surface area contributed by atoms with Crippen LogP contribution in [0, 0.1) is 11.8 Å².